The van der Waals surface area contributed by atoms with Gasteiger partial charge in [-0.15, -0.1) is 0 Å². The van der Waals surface area contributed by atoms with Crippen LogP contribution in [-0.4, -0.2) is 79.0 Å². The summed E-state index contributed by atoms with van der Waals surface area (Å²) in [6.45, 7) is 15.5. The highest BCUT2D eigenvalue weighted by molar-refractivity contribution is 6.03. The van der Waals surface area contributed by atoms with E-state index in [0.717, 1.165) is 39.9 Å². The van der Waals surface area contributed by atoms with E-state index < -0.39 is 5.41 Å². The summed E-state index contributed by atoms with van der Waals surface area (Å²) in [6, 6.07) is 12.8. The number of aliphatic hydroxyl groups is 1. The molecule has 2 atom stereocenters. The highest BCUT2D eigenvalue weighted by Crippen LogP contribution is 2.39. The number of hydrogen-bond donors (Lipinski definition) is 1. The van der Waals surface area contributed by atoms with E-state index in [2.05, 4.69) is 34.9 Å². The van der Waals surface area contributed by atoms with Crippen LogP contribution in [-0.2, 0) is 14.9 Å². The second-order valence-electron chi connectivity index (χ2n) is 12.8. The Bertz CT molecular complexity index is 1470. The minimum atomic E-state index is -0.798. The molecule has 1 N–H and O–H groups in total. The molecule has 0 bridgehead atoms. The number of aromatic nitrogens is 1. The summed E-state index contributed by atoms with van der Waals surface area (Å²) in [6.07, 6.45) is 1.74. The molecule has 0 spiro atoms. The average molecular weight is 575 g/mol. The number of morpholine rings is 1. The summed E-state index contributed by atoms with van der Waals surface area (Å²) >= 11 is 0. The monoisotopic (exact) mass is 574 g/mol. The summed E-state index contributed by atoms with van der Waals surface area (Å²) < 4.78 is 20.0. The fourth-order valence-electron chi connectivity index (χ4n) is 6.55. The van der Waals surface area contributed by atoms with E-state index in [9.17, 15) is 14.3 Å². The molecule has 1 unspecified atom stereocenters. The molecular weight excluding hydrogens is 531 g/mol. The predicted molar refractivity (Wildman–Crippen MR) is 166 cm³/mol. The number of piperazine rings is 1. The lowest BCUT2D eigenvalue weighted by molar-refractivity contribution is -0.122. The third-order valence-corrected chi connectivity index (χ3v) is 9.06. The van der Waals surface area contributed by atoms with Crippen LogP contribution < -0.4 is 9.80 Å². The molecule has 3 aromatic rings. The SMILES string of the molecule is Cc1cc(C)cc(C(C)(C)C(=O)N(C)c2cnc(N3C[C@@]4(C)COCCN4CC3CO)cc2-c2ccc(F)cc2C)c1. The van der Waals surface area contributed by atoms with E-state index >= 15 is 0 Å². The van der Waals surface area contributed by atoms with Crippen LogP contribution in [0.25, 0.3) is 11.1 Å². The second-order valence-corrected chi connectivity index (χ2v) is 12.8. The molecule has 2 saturated heterocycles. The van der Waals surface area contributed by atoms with Crippen molar-refractivity contribution in [3.05, 3.63) is 76.7 Å². The van der Waals surface area contributed by atoms with Gasteiger partial charge in [-0.25, -0.2) is 9.37 Å². The third-order valence-electron chi connectivity index (χ3n) is 9.06. The van der Waals surface area contributed by atoms with Crippen LogP contribution in [0.4, 0.5) is 15.9 Å². The maximum Gasteiger partial charge on any atom is 0.236 e. The minimum absolute atomic E-state index is 0.00966. The first-order chi connectivity index (χ1) is 19.8. The summed E-state index contributed by atoms with van der Waals surface area (Å²) in [5.41, 5.74) is 5.18. The number of anilines is 2. The van der Waals surface area contributed by atoms with Gasteiger partial charge in [0.15, 0.2) is 0 Å². The maximum absolute atomic E-state index is 14.2. The molecule has 3 heterocycles. The van der Waals surface area contributed by atoms with Gasteiger partial charge in [0.05, 0.1) is 48.7 Å². The van der Waals surface area contributed by atoms with Crippen LogP contribution in [0.5, 0.6) is 0 Å². The van der Waals surface area contributed by atoms with Gasteiger partial charge in [-0.3, -0.25) is 9.69 Å². The predicted octanol–water partition coefficient (Wildman–Crippen LogP) is 5.03. The molecule has 2 fully saturated rings. The topological polar surface area (TPSA) is 69.1 Å². The molecule has 0 radical (unpaired) electrons. The number of rotatable bonds is 6. The van der Waals surface area contributed by atoms with E-state index in [1.807, 2.05) is 40.7 Å². The summed E-state index contributed by atoms with van der Waals surface area (Å²) in [4.78, 5) is 25.3. The highest BCUT2D eigenvalue weighted by Gasteiger charge is 2.44. The minimum Gasteiger partial charge on any atom is -0.394 e. The van der Waals surface area contributed by atoms with Crippen molar-refractivity contribution in [3.63, 3.8) is 0 Å². The number of aryl methyl sites for hydroxylation is 3. The number of nitrogens with zero attached hydrogens (tertiary/aromatic N) is 4. The Labute approximate surface area is 248 Å². The van der Waals surface area contributed by atoms with Gasteiger partial charge in [0.1, 0.15) is 11.6 Å². The Kier molecular flexibility index (Phi) is 8.18. The molecule has 0 saturated carbocycles. The van der Waals surface area contributed by atoms with Gasteiger partial charge in [0, 0.05) is 32.2 Å². The van der Waals surface area contributed by atoms with E-state index in [4.69, 9.17) is 9.72 Å². The van der Waals surface area contributed by atoms with E-state index in [0.29, 0.717) is 37.8 Å². The number of fused-ring (bicyclic) bond motifs is 1. The van der Waals surface area contributed by atoms with Crippen molar-refractivity contribution in [2.24, 2.45) is 0 Å². The van der Waals surface area contributed by atoms with Crippen LogP contribution in [0.3, 0.4) is 0 Å². The maximum atomic E-state index is 14.2. The second kappa shape index (κ2) is 11.4. The molecule has 2 aliphatic heterocycles. The van der Waals surface area contributed by atoms with Gasteiger partial charge < -0.3 is 19.6 Å². The van der Waals surface area contributed by atoms with Gasteiger partial charge in [-0.2, -0.15) is 0 Å². The zero-order valence-corrected chi connectivity index (χ0v) is 25.9. The number of pyridine rings is 1. The standard InChI is InChI=1S/C34H43FN4O3/c1-22-12-23(2)14-25(13-22)33(4,5)32(41)37(7)30-17-36-31(16-29(30)28-9-8-26(35)15-24(28)3)39-20-34(6)21-42-11-10-38(34)18-27(39)19-40/h8-9,12-17,27,40H,10-11,18-21H2,1-7H3/t27?,34-/m0/s1. The lowest BCUT2D eigenvalue weighted by Gasteiger charge is -2.54. The van der Waals surface area contributed by atoms with Crippen molar-refractivity contribution in [2.45, 2.75) is 58.5 Å². The van der Waals surface area contributed by atoms with E-state index in [1.54, 1.807) is 24.2 Å². The first-order valence-electron chi connectivity index (χ1n) is 14.7. The number of aliphatic hydroxyl groups excluding tert-OH is 1. The summed E-state index contributed by atoms with van der Waals surface area (Å²) in [7, 11) is 1.78. The van der Waals surface area contributed by atoms with Crippen molar-refractivity contribution in [2.75, 3.05) is 56.3 Å². The molecule has 0 aliphatic carbocycles. The molecule has 7 nitrogen and oxygen atoms in total. The molecule has 42 heavy (non-hydrogen) atoms. The molecule has 2 aromatic carbocycles. The first-order valence-corrected chi connectivity index (χ1v) is 14.7. The van der Waals surface area contributed by atoms with Crippen LogP contribution in [0.2, 0.25) is 0 Å². The van der Waals surface area contributed by atoms with Gasteiger partial charge >= 0.3 is 0 Å². The summed E-state index contributed by atoms with van der Waals surface area (Å²) in [5.74, 6) is 0.323. The lowest BCUT2D eigenvalue weighted by Crippen LogP contribution is -2.69. The number of benzene rings is 2. The number of halogens is 1. The largest absolute Gasteiger partial charge is 0.394 e. The fourth-order valence-corrected chi connectivity index (χ4v) is 6.55. The molecule has 8 heteroatoms. The number of hydrogen-bond acceptors (Lipinski definition) is 6. The van der Waals surface area contributed by atoms with Crippen molar-refractivity contribution >= 4 is 17.4 Å². The fraction of sp³-hybridized carbons (Fsp3) is 0.471. The van der Waals surface area contributed by atoms with Crippen molar-refractivity contribution in [1.82, 2.24) is 9.88 Å². The normalized spacial score (nSPS) is 21.3. The molecule has 224 valence electrons. The van der Waals surface area contributed by atoms with Crippen LogP contribution in [0, 0.1) is 26.6 Å². The number of ether oxygens (including phenoxy) is 1. The molecule has 1 aromatic heterocycles. The Hall–Kier alpha value is -3.33. The zero-order valence-electron chi connectivity index (χ0n) is 25.9. The number of likely N-dealkylation sites (N-methyl/N-ethyl adjacent to an activating group) is 1. The van der Waals surface area contributed by atoms with Crippen LogP contribution >= 0.6 is 0 Å². The highest BCUT2D eigenvalue weighted by atomic mass is 19.1. The Morgan fingerprint density at radius 1 is 1.14 bits per heavy atom. The van der Waals surface area contributed by atoms with Crippen molar-refractivity contribution in [1.29, 1.82) is 0 Å². The number of amides is 1. The quantitative estimate of drug-likeness (QED) is 0.446. The van der Waals surface area contributed by atoms with Crippen LogP contribution in [0.1, 0.15) is 43.0 Å². The van der Waals surface area contributed by atoms with Crippen LogP contribution in [0.15, 0.2) is 48.7 Å². The van der Waals surface area contributed by atoms with Gasteiger partial charge in [0.25, 0.3) is 0 Å². The van der Waals surface area contributed by atoms with E-state index in [1.165, 1.54) is 12.1 Å². The number of carbonyl (C=O) groups excluding carboxylic acids is 1. The van der Waals surface area contributed by atoms with Gasteiger partial charge in [0.2, 0.25) is 5.91 Å². The Morgan fingerprint density at radius 3 is 2.52 bits per heavy atom. The van der Waals surface area contributed by atoms with Gasteiger partial charge in [-0.05, 0) is 76.4 Å². The third kappa shape index (κ3) is 5.55. The zero-order chi connectivity index (χ0) is 30.4. The molecule has 5 rings (SSSR count). The van der Waals surface area contributed by atoms with Crippen molar-refractivity contribution < 1.29 is 19.0 Å². The number of carbonyl (C=O) groups is 1. The summed E-state index contributed by atoms with van der Waals surface area (Å²) in [5, 5.41) is 10.4. The molecular formula is C34H43FN4O3. The molecule has 1 amide bonds. The molecule has 2 aliphatic rings. The Morgan fingerprint density at radius 2 is 1.86 bits per heavy atom. The van der Waals surface area contributed by atoms with Gasteiger partial charge in [-0.1, -0.05) is 35.4 Å². The van der Waals surface area contributed by atoms with E-state index in [-0.39, 0.29) is 29.9 Å². The lowest BCUT2D eigenvalue weighted by atomic mass is 9.81. The Balaban J connectivity index is 1.59. The average Bonchev–Trinajstić information content (AvgIpc) is 2.94. The smallest absolute Gasteiger partial charge is 0.236 e. The first kappa shape index (κ1) is 30.1. The van der Waals surface area contributed by atoms with Crippen molar-refractivity contribution in [3.8, 4) is 11.1 Å².